The van der Waals surface area contributed by atoms with E-state index in [0.29, 0.717) is 11.5 Å². The number of rotatable bonds is 5. The fourth-order valence-corrected chi connectivity index (χ4v) is 7.08. The fraction of sp³-hybridized carbons (Fsp3) is 0.294. The first-order valence-corrected chi connectivity index (χ1v) is 13.9. The Hall–Kier alpha value is -3.76. The second-order valence-electron chi connectivity index (χ2n) is 11.0. The van der Waals surface area contributed by atoms with Crippen molar-refractivity contribution in [1.29, 1.82) is 0 Å². The normalized spacial score (nSPS) is 23.6. The van der Waals surface area contributed by atoms with Crippen molar-refractivity contribution in [2.45, 2.75) is 38.3 Å². The summed E-state index contributed by atoms with van der Waals surface area (Å²) in [5.41, 5.74) is 2.65. The average molecular weight is 501 g/mol. The van der Waals surface area contributed by atoms with Gasteiger partial charge in [-0.25, -0.2) is 4.79 Å². The molecule has 0 aliphatic carbocycles. The molecule has 4 nitrogen and oxygen atoms in total. The molecular formula is C34H32N2O2. The quantitative estimate of drug-likeness (QED) is 0.184. The molecule has 3 fully saturated rings. The van der Waals surface area contributed by atoms with Crippen LogP contribution in [0.4, 0.5) is 0 Å². The van der Waals surface area contributed by atoms with Crippen molar-refractivity contribution in [3.05, 3.63) is 102 Å². The Balaban J connectivity index is 1.36. The maximum absolute atomic E-state index is 14.3. The Labute approximate surface area is 223 Å². The molecule has 0 amide bonds. The Bertz CT molecular complexity index is 1600. The smallest absolute Gasteiger partial charge is 0.340 e. The maximum Gasteiger partial charge on any atom is 0.340 e. The molecule has 0 radical (unpaired) electrons. The molecule has 0 spiro atoms. The van der Waals surface area contributed by atoms with Gasteiger partial charge in [-0.1, -0.05) is 80.1 Å². The molecule has 0 N–H and O–H groups in total. The van der Waals surface area contributed by atoms with E-state index in [1.807, 2.05) is 60.8 Å². The van der Waals surface area contributed by atoms with Crippen LogP contribution < -0.4 is 0 Å². The molecule has 190 valence electrons. The number of benzene rings is 4. The molecule has 3 saturated heterocycles. The minimum absolute atomic E-state index is 0.160. The molecule has 4 heterocycles. The van der Waals surface area contributed by atoms with E-state index in [1.165, 1.54) is 12.8 Å². The highest BCUT2D eigenvalue weighted by atomic mass is 16.5. The monoisotopic (exact) mass is 500 g/mol. The summed E-state index contributed by atoms with van der Waals surface area (Å²) in [6, 6.07) is 28.8. The number of pyridine rings is 1. The lowest BCUT2D eigenvalue weighted by Gasteiger charge is -2.51. The van der Waals surface area contributed by atoms with Gasteiger partial charge in [-0.05, 0) is 71.0 Å². The number of hydrogen-bond donors (Lipinski definition) is 0. The first-order chi connectivity index (χ1) is 18.7. The predicted octanol–water partition coefficient (Wildman–Crippen LogP) is 7.56. The molecule has 4 aromatic carbocycles. The molecule has 2 bridgehead atoms. The van der Waals surface area contributed by atoms with Crippen LogP contribution in [0.3, 0.4) is 0 Å². The molecule has 0 saturated carbocycles. The molecule has 4 heteroatoms. The Morgan fingerprint density at radius 2 is 1.63 bits per heavy atom. The molecule has 3 aliphatic heterocycles. The van der Waals surface area contributed by atoms with Gasteiger partial charge in [0, 0.05) is 23.7 Å². The molecule has 8 rings (SSSR count). The van der Waals surface area contributed by atoms with Crippen LogP contribution in [0.15, 0.2) is 91.1 Å². The van der Waals surface area contributed by atoms with Gasteiger partial charge in [-0.15, -0.1) is 0 Å². The van der Waals surface area contributed by atoms with E-state index in [1.54, 1.807) is 0 Å². The van der Waals surface area contributed by atoms with Crippen molar-refractivity contribution >= 4 is 38.4 Å². The van der Waals surface area contributed by atoms with Crippen LogP contribution in [0.5, 0.6) is 0 Å². The molecule has 5 aromatic rings. The van der Waals surface area contributed by atoms with Gasteiger partial charge in [0.2, 0.25) is 0 Å². The van der Waals surface area contributed by atoms with Crippen LogP contribution in [0.25, 0.3) is 32.4 Å². The second kappa shape index (κ2) is 9.52. The average Bonchev–Trinajstić information content (AvgIpc) is 2.98. The molecule has 1 aromatic heterocycles. The SMILES string of the molecule is CC[C@@H]1CN2CC[C@H]1C[C@@H]2[C@@H](OC(=O)c1c2ccccc2cc2ccccc12)c1ccnc2ccccc12. The Morgan fingerprint density at radius 1 is 0.947 bits per heavy atom. The number of aromatic nitrogens is 1. The summed E-state index contributed by atoms with van der Waals surface area (Å²) < 4.78 is 6.70. The van der Waals surface area contributed by atoms with Crippen LogP contribution in [-0.2, 0) is 4.74 Å². The summed E-state index contributed by atoms with van der Waals surface area (Å²) in [5, 5.41) is 5.04. The van der Waals surface area contributed by atoms with E-state index < -0.39 is 0 Å². The van der Waals surface area contributed by atoms with Crippen LogP contribution >= 0.6 is 0 Å². The Kier molecular flexibility index (Phi) is 5.85. The fourth-order valence-electron chi connectivity index (χ4n) is 7.08. The zero-order valence-electron chi connectivity index (χ0n) is 21.7. The second-order valence-corrected chi connectivity index (χ2v) is 11.0. The van der Waals surface area contributed by atoms with Crippen molar-refractivity contribution in [3.63, 3.8) is 0 Å². The van der Waals surface area contributed by atoms with Crippen molar-refractivity contribution in [1.82, 2.24) is 9.88 Å². The largest absolute Gasteiger partial charge is 0.452 e. The summed E-state index contributed by atoms with van der Waals surface area (Å²) >= 11 is 0. The number of ether oxygens (including phenoxy) is 1. The molecule has 3 aliphatic rings. The number of fused-ring (bicyclic) bond motifs is 6. The van der Waals surface area contributed by atoms with Gasteiger partial charge in [-0.2, -0.15) is 0 Å². The molecule has 5 atom stereocenters. The number of hydrogen-bond acceptors (Lipinski definition) is 4. The van der Waals surface area contributed by atoms with Gasteiger partial charge in [0.25, 0.3) is 0 Å². The highest BCUT2D eigenvalue weighted by molar-refractivity contribution is 6.16. The number of esters is 1. The number of para-hydroxylation sites is 1. The predicted molar refractivity (Wildman–Crippen MR) is 153 cm³/mol. The highest BCUT2D eigenvalue weighted by Crippen LogP contribution is 2.44. The Morgan fingerprint density at radius 3 is 2.32 bits per heavy atom. The highest BCUT2D eigenvalue weighted by Gasteiger charge is 2.44. The van der Waals surface area contributed by atoms with Crippen LogP contribution in [0.1, 0.15) is 48.2 Å². The van der Waals surface area contributed by atoms with Crippen molar-refractivity contribution in [2.75, 3.05) is 13.1 Å². The summed E-state index contributed by atoms with van der Waals surface area (Å²) in [6.45, 7) is 4.46. The minimum Gasteiger partial charge on any atom is -0.452 e. The lowest BCUT2D eigenvalue weighted by Crippen LogP contribution is -2.55. The number of carbonyl (C=O) groups excluding carboxylic acids is 1. The van der Waals surface area contributed by atoms with Gasteiger partial charge in [0.1, 0.15) is 6.10 Å². The first kappa shape index (κ1) is 23.4. The third kappa shape index (κ3) is 3.86. The van der Waals surface area contributed by atoms with Crippen molar-refractivity contribution in [2.24, 2.45) is 11.8 Å². The van der Waals surface area contributed by atoms with Gasteiger partial charge < -0.3 is 4.74 Å². The number of nitrogens with zero attached hydrogens (tertiary/aromatic N) is 2. The topological polar surface area (TPSA) is 42.4 Å². The van der Waals surface area contributed by atoms with Crippen LogP contribution in [0, 0.1) is 11.8 Å². The lowest BCUT2D eigenvalue weighted by molar-refractivity contribution is -0.0658. The van der Waals surface area contributed by atoms with Gasteiger partial charge in [0.15, 0.2) is 0 Å². The van der Waals surface area contributed by atoms with E-state index in [4.69, 9.17) is 4.74 Å². The zero-order chi connectivity index (χ0) is 25.6. The van der Waals surface area contributed by atoms with E-state index in [2.05, 4.69) is 47.1 Å². The van der Waals surface area contributed by atoms with Gasteiger partial charge >= 0.3 is 5.97 Å². The zero-order valence-corrected chi connectivity index (χ0v) is 21.7. The van der Waals surface area contributed by atoms with E-state index in [0.717, 1.165) is 63.4 Å². The first-order valence-electron chi connectivity index (χ1n) is 13.9. The molecular weight excluding hydrogens is 468 g/mol. The van der Waals surface area contributed by atoms with E-state index in [9.17, 15) is 4.79 Å². The van der Waals surface area contributed by atoms with Crippen molar-refractivity contribution in [3.8, 4) is 0 Å². The summed E-state index contributed by atoms with van der Waals surface area (Å²) in [4.78, 5) is 21.5. The summed E-state index contributed by atoms with van der Waals surface area (Å²) in [6.07, 6.45) is 4.99. The van der Waals surface area contributed by atoms with Crippen LogP contribution in [-0.4, -0.2) is 35.0 Å². The number of carbonyl (C=O) groups is 1. The van der Waals surface area contributed by atoms with Gasteiger partial charge in [0.05, 0.1) is 17.1 Å². The van der Waals surface area contributed by atoms with Crippen LogP contribution in [0.2, 0.25) is 0 Å². The summed E-state index contributed by atoms with van der Waals surface area (Å²) in [7, 11) is 0. The molecule has 38 heavy (non-hydrogen) atoms. The van der Waals surface area contributed by atoms with Gasteiger partial charge in [-0.3, -0.25) is 9.88 Å². The maximum atomic E-state index is 14.3. The third-order valence-corrected chi connectivity index (χ3v) is 9.01. The minimum atomic E-state index is -0.367. The van der Waals surface area contributed by atoms with E-state index in [-0.39, 0.29) is 18.1 Å². The lowest BCUT2D eigenvalue weighted by atomic mass is 9.72. The third-order valence-electron chi connectivity index (χ3n) is 9.01. The number of piperidine rings is 3. The molecule has 1 unspecified atom stereocenters. The summed E-state index contributed by atoms with van der Waals surface area (Å²) in [5.74, 6) is 1.16. The standard InChI is InChI=1S/C34H32N2O2/c1-2-22-21-36-18-16-23(22)20-31(36)33(29-15-17-35-30-14-8-7-13-28(29)30)38-34(37)32-26-11-5-3-9-24(26)19-25-10-4-6-12-27(25)32/h3-15,17,19,22-23,31,33H,2,16,18,20-21H2,1H3/t22-,23+,31-,33+/m1/s1. The van der Waals surface area contributed by atoms with Crippen molar-refractivity contribution < 1.29 is 9.53 Å². The van der Waals surface area contributed by atoms with E-state index >= 15 is 0 Å².